The van der Waals surface area contributed by atoms with E-state index in [-0.39, 0.29) is 5.82 Å². The van der Waals surface area contributed by atoms with Gasteiger partial charge in [0.25, 0.3) is 5.91 Å². The van der Waals surface area contributed by atoms with Gasteiger partial charge in [-0.25, -0.2) is 9.18 Å². The Morgan fingerprint density at radius 1 is 1.03 bits per heavy atom. The summed E-state index contributed by atoms with van der Waals surface area (Å²) in [5, 5.41) is 2.92. The zero-order valence-electron chi connectivity index (χ0n) is 16.0. The molecule has 0 saturated carbocycles. The normalized spacial score (nSPS) is 10.4. The Morgan fingerprint density at radius 2 is 1.73 bits per heavy atom. The number of ether oxygens (including phenoxy) is 3. The minimum absolute atomic E-state index is 0.327. The van der Waals surface area contributed by atoms with Crippen molar-refractivity contribution in [3.63, 3.8) is 0 Å². The summed E-state index contributed by atoms with van der Waals surface area (Å²) in [5.41, 5.74) is 1.11. The predicted molar refractivity (Wildman–Crippen MR) is 113 cm³/mol. The number of benzene rings is 2. The van der Waals surface area contributed by atoms with E-state index < -0.39 is 18.5 Å². The predicted octanol–water partition coefficient (Wildman–Crippen LogP) is 5.02. The second-order valence-corrected chi connectivity index (χ2v) is 7.47. The maximum atomic E-state index is 13.0. The third-order valence-electron chi connectivity index (χ3n) is 4.02. The molecule has 0 radical (unpaired) electrons. The highest BCUT2D eigenvalue weighted by Gasteiger charge is 2.16. The van der Waals surface area contributed by atoms with Crippen LogP contribution in [0.2, 0.25) is 5.02 Å². The molecule has 1 aromatic heterocycles. The third kappa shape index (κ3) is 5.08. The van der Waals surface area contributed by atoms with Gasteiger partial charge in [-0.3, -0.25) is 4.79 Å². The smallest absolute Gasteiger partial charge is 0.348 e. The van der Waals surface area contributed by atoms with Crippen molar-refractivity contribution in [2.75, 3.05) is 26.1 Å². The summed E-state index contributed by atoms with van der Waals surface area (Å²) in [6.45, 7) is -0.489. The molecule has 3 aromatic rings. The molecule has 1 heterocycles. The standard InChI is InChI=1S/C21H17ClFNO5S/c1-27-16-10-15(17(28-2)9-14(16)22)24-20(25)11-29-21(26)19-8-7-18(30-19)12-3-5-13(23)6-4-12/h3-10H,11H2,1-2H3,(H,24,25). The summed E-state index contributed by atoms with van der Waals surface area (Å²) in [5.74, 6) is -0.833. The molecule has 0 saturated heterocycles. The summed E-state index contributed by atoms with van der Waals surface area (Å²) < 4.78 is 28.4. The number of carbonyl (C=O) groups is 2. The molecule has 3 rings (SSSR count). The van der Waals surface area contributed by atoms with Gasteiger partial charge in [0.05, 0.1) is 24.9 Å². The zero-order chi connectivity index (χ0) is 21.7. The summed E-state index contributed by atoms with van der Waals surface area (Å²) in [6.07, 6.45) is 0. The number of esters is 1. The summed E-state index contributed by atoms with van der Waals surface area (Å²) in [6, 6.07) is 12.3. The lowest BCUT2D eigenvalue weighted by Crippen LogP contribution is -2.21. The molecule has 0 aliphatic heterocycles. The molecule has 0 spiro atoms. The molecule has 6 nitrogen and oxygen atoms in total. The van der Waals surface area contributed by atoms with Crippen molar-refractivity contribution < 1.29 is 28.2 Å². The molecule has 9 heteroatoms. The fourth-order valence-corrected chi connectivity index (χ4v) is 3.70. The molecule has 0 aliphatic rings. The summed E-state index contributed by atoms with van der Waals surface area (Å²) in [4.78, 5) is 25.6. The number of methoxy groups -OCH3 is 2. The minimum atomic E-state index is -0.635. The Balaban J connectivity index is 1.61. The number of hydrogen-bond acceptors (Lipinski definition) is 6. The Morgan fingerprint density at radius 3 is 2.40 bits per heavy atom. The minimum Gasteiger partial charge on any atom is -0.495 e. The van der Waals surface area contributed by atoms with Crippen molar-refractivity contribution in [2.45, 2.75) is 0 Å². The highest BCUT2D eigenvalue weighted by molar-refractivity contribution is 7.17. The molecule has 1 amide bonds. The van der Waals surface area contributed by atoms with E-state index >= 15 is 0 Å². The van der Waals surface area contributed by atoms with E-state index in [9.17, 15) is 14.0 Å². The maximum absolute atomic E-state index is 13.0. The lowest BCUT2D eigenvalue weighted by molar-refractivity contribution is -0.119. The first-order valence-corrected chi connectivity index (χ1v) is 9.85. The van der Waals surface area contributed by atoms with E-state index in [0.717, 1.165) is 10.4 Å². The van der Waals surface area contributed by atoms with Crippen LogP contribution in [-0.2, 0) is 9.53 Å². The monoisotopic (exact) mass is 449 g/mol. The first kappa shape index (κ1) is 21.6. The highest BCUT2D eigenvalue weighted by Crippen LogP contribution is 2.36. The Labute approximate surface area is 181 Å². The van der Waals surface area contributed by atoms with Crippen LogP contribution in [0.3, 0.4) is 0 Å². The fraction of sp³-hybridized carbons (Fsp3) is 0.143. The number of rotatable bonds is 7. The van der Waals surface area contributed by atoms with E-state index in [1.807, 2.05) is 0 Å². The van der Waals surface area contributed by atoms with E-state index in [0.29, 0.717) is 27.1 Å². The van der Waals surface area contributed by atoms with Gasteiger partial charge in [0, 0.05) is 17.0 Å². The average Bonchev–Trinajstić information content (AvgIpc) is 3.23. The molecule has 1 N–H and O–H groups in total. The lowest BCUT2D eigenvalue weighted by atomic mass is 10.2. The lowest BCUT2D eigenvalue weighted by Gasteiger charge is -2.13. The van der Waals surface area contributed by atoms with E-state index in [1.165, 1.54) is 49.8 Å². The van der Waals surface area contributed by atoms with Crippen LogP contribution in [-0.4, -0.2) is 32.7 Å². The van der Waals surface area contributed by atoms with Crippen molar-refractivity contribution in [1.82, 2.24) is 0 Å². The van der Waals surface area contributed by atoms with Crippen LogP contribution in [0.4, 0.5) is 10.1 Å². The van der Waals surface area contributed by atoms with Crippen molar-refractivity contribution >= 4 is 40.5 Å². The molecule has 0 atom stereocenters. The SMILES string of the molecule is COc1cc(NC(=O)COC(=O)c2ccc(-c3ccc(F)cc3)s2)c(OC)cc1Cl. The molecular weight excluding hydrogens is 433 g/mol. The van der Waals surface area contributed by atoms with Gasteiger partial charge in [0.1, 0.15) is 22.2 Å². The van der Waals surface area contributed by atoms with Gasteiger partial charge < -0.3 is 19.5 Å². The molecule has 0 aliphatic carbocycles. The van der Waals surface area contributed by atoms with Gasteiger partial charge in [-0.05, 0) is 29.8 Å². The number of hydrogen-bond donors (Lipinski definition) is 1. The van der Waals surface area contributed by atoms with Crippen LogP contribution in [0.25, 0.3) is 10.4 Å². The van der Waals surface area contributed by atoms with Gasteiger partial charge in [-0.1, -0.05) is 23.7 Å². The van der Waals surface area contributed by atoms with Crippen molar-refractivity contribution in [3.8, 4) is 21.9 Å². The molecule has 156 valence electrons. The fourth-order valence-electron chi connectivity index (χ4n) is 2.56. The second-order valence-electron chi connectivity index (χ2n) is 5.98. The van der Waals surface area contributed by atoms with Crippen LogP contribution in [0.5, 0.6) is 11.5 Å². The summed E-state index contributed by atoms with van der Waals surface area (Å²) >= 11 is 7.23. The second kappa shape index (κ2) is 9.60. The maximum Gasteiger partial charge on any atom is 0.348 e. The molecular formula is C21H17ClFNO5S. The molecule has 30 heavy (non-hydrogen) atoms. The highest BCUT2D eigenvalue weighted by atomic mass is 35.5. The zero-order valence-corrected chi connectivity index (χ0v) is 17.6. The van der Waals surface area contributed by atoms with Gasteiger partial charge in [0.2, 0.25) is 0 Å². The van der Waals surface area contributed by atoms with Gasteiger partial charge >= 0.3 is 5.97 Å². The number of amides is 1. The number of carbonyl (C=O) groups excluding carboxylic acids is 2. The van der Waals surface area contributed by atoms with Crippen LogP contribution < -0.4 is 14.8 Å². The van der Waals surface area contributed by atoms with Crippen LogP contribution in [0.15, 0.2) is 48.5 Å². The molecule has 0 fully saturated rings. The number of halogens is 2. The van der Waals surface area contributed by atoms with Crippen molar-refractivity contribution in [2.24, 2.45) is 0 Å². The molecule has 2 aromatic carbocycles. The number of thiophene rings is 1. The van der Waals surface area contributed by atoms with Crippen molar-refractivity contribution in [1.29, 1.82) is 0 Å². The van der Waals surface area contributed by atoms with E-state index in [2.05, 4.69) is 5.32 Å². The van der Waals surface area contributed by atoms with Gasteiger partial charge in [-0.15, -0.1) is 11.3 Å². The number of nitrogens with one attached hydrogen (secondary N) is 1. The van der Waals surface area contributed by atoms with Gasteiger partial charge in [-0.2, -0.15) is 0 Å². The third-order valence-corrected chi connectivity index (χ3v) is 5.43. The van der Waals surface area contributed by atoms with Crippen LogP contribution in [0, 0.1) is 5.82 Å². The first-order chi connectivity index (χ1) is 14.4. The van der Waals surface area contributed by atoms with Crippen LogP contribution in [0.1, 0.15) is 9.67 Å². The molecule has 0 bridgehead atoms. The summed E-state index contributed by atoms with van der Waals surface area (Å²) in [7, 11) is 2.88. The van der Waals surface area contributed by atoms with Gasteiger partial charge in [0.15, 0.2) is 6.61 Å². The Hall–Kier alpha value is -3.10. The quantitative estimate of drug-likeness (QED) is 0.513. The van der Waals surface area contributed by atoms with Crippen molar-refractivity contribution in [3.05, 3.63) is 64.2 Å². The topological polar surface area (TPSA) is 73.9 Å². The van der Waals surface area contributed by atoms with E-state index in [4.69, 9.17) is 25.8 Å². The molecule has 0 unspecified atom stereocenters. The number of anilines is 1. The Bertz CT molecular complexity index is 1070. The average molecular weight is 450 g/mol. The Kier molecular flexibility index (Phi) is 6.91. The first-order valence-electron chi connectivity index (χ1n) is 8.65. The largest absolute Gasteiger partial charge is 0.495 e. The van der Waals surface area contributed by atoms with E-state index in [1.54, 1.807) is 24.3 Å². The van der Waals surface area contributed by atoms with Crippen LogP contribution >= 0.6 is 22.9 Å².